The van der Waals surface area contributed by atoms with Crippen LogP contribution < -0.4 is 15.4 Å². The summed E-state index contributed by atoms with van der Waals surface area (Å²) in [5, 5.41) is 4.23. The molecule has 2 rings (SSSR count). The zero-order valence-corrected chi connectivity index (χ0v) is 10.8. The number of nitrogens with two attached hydrogens (primary N) is 1. The molecule has 0 saturated heterocycles. The molecule has 1 aromatic heterocycles. The molecule has 0 atom stereocenters. The Morgan fingerprint density at radius 1 is 1.35 bits per heavy atom. The van der Waals surface area contributed by atoms with Crippen LogP contribution in [0.15, 0.2) is 35.0 Å². The highest BCUT2D eigenvalue weighted by molar-refractivity contribution is 7.07. The summed E-state index contributed by atoms with van der Waals surface area (Å²) in [6.07, 6.45) is 0. The van der Waals surface area contributed by atoms with Gasteiger partial charge in [0.05, 0.1) is 18.5 Å². The third kappa shape index (κ3) is 2.71. The summed E-state index contributed by atoms with van der Waals surface area (Å²) in [5.41, 5.74) is 9.03. The molecule has 4 heteroatoms. The quantitative estimate of drug-likeness (QED) is 0.845. The molecule has 0 bridgehead atoms. The number of thiophene rings is 1. The standard InChI is InChI=1S/C13H16N2OS/c1-15(8-10-5-6-17-9-10)13-7-11(16-2)3-4-12(13)14/h3-7,9H,8,14H2,1-2H3. The molecule has 2 N–H and O–H groups in total. The van der Waals surface area contributed by atoms with Crippen molar-refractivity contribution in [2.24, 2.45) is 0 Å². The van der Waals surface area contributed by atoms with Crippen molar-refractivity contribution in [3.8, 4) is 5.75 Å². The number of ether oxygens (including phenoxy) is 1. The third-order valence-electron chi connectivity index (χ3n) is 2.65. The Bertz CT molecular complexity index is 482. The molecule has 0 aliphatic heterocycles. The monoisotopic (exact) mass is 248 g/mol. The highest BCUT2D eigenvalue weighted by atomic mass is 32.1. The van der Waals surface area contributed by atoms with Crippen LogP contribution in [0.3, 0.4) is 0 Å². The van der Waals surface area contributed by atoms with E-state index >= 15 is 0 Å². The molecule has 0 radical (unpaired) electrons. The minimum atomic E-state index is 0.767. The molecule has 90 valence electrons. The van der Waals surface area contributed by atoms with E-state index in [1.54, 1.807) is 18.4 Å². The minimum Gasteiger partial charge on any atom is -0.497 e. The second-order valence-electron chi connectivity index (χ2n) is 3.91. The molecule has 0 fully saturated rings. The SMILES string of the molecule is COc1ccc(N)c(N(C)Cc2ccsc2)c1. The van der Waals surface area contributed by atoms with E-state index < -0.39 is 0 Å². The predicted molar refractivity (Wildman–Crippen MR) is 73.8 cm³/mol. The lowest BCUT2D eigenvalue weighted by atomic mass is 10.2. The summed E-state index contributed by atoms with van der Waals surface area (Å²) in [7, 11) is 3.69. The fourth-order valence-corrected chi connectivity index (χ4v) is 2.38. The first-order chi connectivity index (χ1) is 8.20. The second kappa shape index (κ2) is 5.10. The van der Waals surface area contributed by atoms with Crippen molar-refractivity contribution in [3.63, 3.8) is 0 Å². The van der Waals surface area contributed by atoms with Crippen LogP contribution in [0, 0.1) is 0 Å². The normalized spacial score (nSPS) is 10.2. The second-order valence-corrected chi connectivity index (χ2v) is 4.69. The highest BCUT2D eigenvalue weighted by Crippen LogP contribution is 2.28. The zero-order chi connectivity index (χ0) is 12.3. The van der Waals surface area contributed by atoms with Crippen LogP contribution in [0.4, 0.5) is 11.4 Å². The summed E-state index contributed by atoms with van der Waals surface area (Å²) in [5.74, 6) is 0.825. The molecule has 0 unspecified atom stereocenters. The van der Waals surface area contributed by atoms with Crippen molar-refractivity contribution in [3.05, 3.63) is 40.6 Å². The van der Waals surface area contributed by atoms with E-state index in [0.717, 1.165) is 23.7 Å². The van der Waals surface area contributed by atoms with Gasteiger partial charge in [0.1, 0.15) is 5.75 Å². The van der Waals surface area contributed by atoms with Gasteiger partial charge in [0.15, 0.2) is 0 Å². The Balaban J connectivity index is 2.20. The van der Waals surface area contributed by atoms with Crippen LogP contribution in [-0.4, -0.2) is 14.2 Å². The lowest BCUT2D eigenvalue weighted by Gasteiger charge is -2.21. The van der Waals surface area contributed by atoms with Crippen molar-refractivity contribution in [2.75, 3.05) is 24.8 Å². The van der Waals surface area contributed by atoms with Crippen molar-refractivity contribution < 1.29 is 4.74 Å². The maximum Gasteiger partial charge on any atom is 0.121 e. The van der Waals surface area contributed by atoms with Gasteiger partial charge in [-0.3, -0.25) is 0 Å². The zero-order valence-electron chi connectivity index (χ0n) is 10.0. The average molecular weight is 248 g/mol. The van der Waals surface area contributed by atoms with E-state index in [1.165, 1.54) is 5.56 Å². The van der Waals surface area contributed by atoms with E-state index in [0.29, 0.717) is 0 Å². The fourth-order valence-electron chi connectivity index (χ4n) is 1.72. The summed E-state index contributed by atoms with van der Waals surface area (Å²) < 4.78 is 5.22. The largest absolute Gasteiger partial charge is 0.497 e. The molecule has 0 aliphatic rings. The van der Waals surface area contributed by atoms with E-state index in [4.69, 9.17) is 10.5 Å². The Morgan fingerprint density at radius 3 is 2.82 bits per heavy atom. The van der Waals surface area contributed by atoms with Crippen molar-refractivity contribution >= 4 is 22.7 Å². The van der Waals surface area contributed by atoms with Gasteiger partial charge in [0, 0.05) is 19.7 Å². The summed E-state index contributed by atoms with van der Waals surface area (Å²) >= 11 is 1.71. The Kier molecular flexibility index (Phi) is 3.54. The Labute approximate surface area is 105 Å². The first-order valence-corrected chi connectivity index (χ1v) is 6.30. The fraction of sp³-hybridized carbons (Fsp3) is 0.231. The Hall–Kier alpha value is -1.68. The van der Waals surface area contributed by atoms with Crippen LogP contribution in [-0.2, 0) is 6.54 Å². The van der Waals surface area contributed by atoms with Crippen molar-refractivity contribution in [1.29, 1.82) is 0 Å². The van der Waals surface area contributed by atoms with E-state index in [2.05, 4.69) is 21.7 Å². The summed E-state index contributed by atoms with van der Waals surface area (Å²) in [6.45, 7) is 0.848. The molecule has 3 nitrogen and oxygen atoms in total. The van der Waals surface area contributed by atoms with E-state index in [9.17, 15) is 0 Å². The Morgan fingerprint density at radius 2 is 2.18 bits per heavy atom. The summed E-state index contributed by atoms with van der Waals surface area (Å²) in [6, 6.07) is 7.83. The molecule has 1 heterocycles. The van der Waals surface area contributed by atoms with Gasteiger partial charge < -0.3 is 15.4 Å². The molecule has 0 spiro atoms. The van der Waals surface area contributed by atoms with Gasteiger partial charge in [0.2, 0.25) is 0 Å². The molecule has 0 amide bonds. The number of nitrogen functional groups attached to an aromatic ring is 1. The summed E-state index contributed by atoms with van der Waals surface area (Å²) in [4.78, 5) is 2.12. The van der Waals surface area contributed by atoms with Gasteiger partial charge in [-0.25, -0.2) is 0 Å². The number of methoxy groups -OCH3 is 1. The molecular weight excluding hydrogens is 232 g/mol. The van der Waals surface area contributed by atoms with E-state index in [1.807, 2.05) is 25.2 Å². The number of nitrogens with zero attached hydrogens (tertiary/aromatic N) is 1. The molecule has 0 aliphatic carbocycles. The van der Waals surface area contributed by atoms with Crippen molar-refractivity contribution in [1.82, 2.24) is 0 Å². The van der Waals surface area contributed by atoms with Crippen molar-refractivity contribution in [2.45, 2.75) is 6.54 Å². The predicted octanol–water partition coefficient (Wildman–Crippen LogP) is 2.98. The maximum absolute atomic E-state index is 5.98. The third-order valence-corrected chi connectivity index (χ3v) is 3.38. The lowest BCUT2D eigenvalue weighted by molar-refractivity contribution is 0.415. The smallest absolute Gasteiger partial charge is 0.121 e. The number of rotatable bonds is 4. The van der Waals surface area contributed by atoms with Gasteiger partial charge >= 0.3 is 0 Å². The first kappa shape index (κ1) is 11.8. The molecule has 1 aromatic carbocycles. The van der Waals surface area contributed by atoms with Crippen LogP contribution in [0.1, 0.15) is 5.56 Å². The van der Waals surface area contributed by atoms with Crippen LogP contribution >= 0.6 is 11.3 Å². The van der Waals surface area contributed by atoms with Crippen LogP contribution in [0.5, 0.6) is 5.75 Å². The maximum atomic E-state index is 5.98. The number of hydrogen-bond acceptors (Lipinski definition) is 4. The number of hydrogen-bond donors (Lipinski definition) is 1. The topological polar surface area (TPSA) is 38.5 Å². The van der Waals surface area contributed by atoms with Gasteiger partial charge in [-0.05, 0) is 34.5 Å². The van der Waals surface area contributed by atoms with Crippen LogP contribution in [0.2, 0.25) is 0 Å². The van der Waals surface area contributed by atoms with Crippen LogP contribution in [0.25, 0.3) is 0 Å². The number of benzene rings is 1. The van der Waals surface area contributed by atoms with E-state index in [-0.39, 0.29) is 0 Å². The molecular formula is C13H16N2OS. The van der Waals surface area contributed by atoms with Gasteiger partial charge in [0.25, 0.3) is 0 Å². The average Bonchev–Trinajstić information content (AvgIpc) is 2.82. The number of anilines is 2. The first-order valence-electron chi connectivity index (χ1n) is 5.36. The molecule has 2 aromatic rings. The lowest BCUT2D eigenvalue weighted by Crippen LogP contribution is -2.17. The molecule has 17 heavy (non-hydrogen) atoms. The highest BCUT2D eigenvalue weighted by Gasteiger charge is 2.07. The molecule has 0 saturated carbocycles. The van der Waals surface area contributed by atoms with Gasteiger partial charge in [-0.2, -0.15) is 11.3 Å². The van der Waals surface area contributed by atoms with Gasteiger partial charge in [-0.15, -0.1) is 0 Å². The minimum absolute atomic E-state index is 0.767. The van der Waals surface area contributed by atoms with Gasteiger partial charge in [-0.1, -0.05) is 0 Å².